The number of hydrogen-bond acceptors (Lipinski definition) is 4. The Hall–Kier alpha value is -6.91. The summed E-state index contributed by atoms with van der Waals surface area (Å²) in [6, 6.07) is 65.8. The number of benzene rings is 7. The SMILES string of the molecule is N=C(c1cccc(-c2cc(-c3ccc(-c4ccccc4)cc3)nc(-c3ccccc3)n2)c1)c1cc(-c2ccccc2)ccc1Nc1ccccc1. The van der Waals surface area contributed by atoms with E-state index in [0.29, 0.717) is 11.5 Å². The monoisotopic (exact) mass is 654 g/mol. The van der Waals surface area contributed by atoms with E-state index in [1.54, 1.807) is 0 Å². The molecule has 0 aliphatic heterocycles. The molecule has 4 nitrogen and oxygen atoms in total. The molecule has 242 valence electrons. The molecule has 0 amide bonds. The van der Waals surface area contributed by atoms with Crippen molar-refractivity contribution in [2.24, 2.45) is 0 Å². The molecular formula is C47H34N4. The molecule has 0 unspecified atom stereocenters. The lowest BCUT2D eigenvalue weighted by molar-refractivity contribution is 1.18. The van der Waals surface area contributed by atoms with Gasteiger partial charge in [0, 0.05) is 39.2 Å². The van der Waals surface area contributed by atoms with E-state index >= 15 is 0 Å². The molecule has 0 aliphatic carbocycles. The van der Waals surface area contributed by atoms with E-state index in [4.69, 9.17) is 9.97 Å². The molecule has 8 aromatic rings. The Kier molecular flexibility index (Phi) is 8.79. The summed E-state index contributed by atoms with van der Waals surface area (Å²) in [5.41, 5.74) is 12.8. The Morgan fingerprint density at radius 1 is 0.392 bits per heavy atom. The zero-order valence-corrected chi connectivity index (χ0v) is 27.9. The number of aromatic nitrogens is 2. The van der Waals surface area contributed by atoms with Gasteiger partial charge in [0.2, 0.25) is 0 Å². The largest absolute Gasteiger partial charge is 0.355 e. The standard InChI is InChI=1S/C47H34N4/c48-46(42-31-38(34-16-7-2-8-17-34)28-29-43(42)49-41-22-11-4-12-23-41)40-21-13-20-39(30-40)45-32-44(50-47(51-45)37-18-9-3-10-19-37)36-26-24-35(25-27-36)33-14-5-1-6-15-33/h1-32,48-49H. The summed E-state index contributed by atoms with van der Waals surface area (Å²) in [7, 11) is 0. The topological polar surface area (TPSA) is 61.7 Å². The molecule has 0 radical (unpaired) electrons. The quantitative estimate of drug-likeness (QED) is 0.152. The minimum atomic E-state index is 0.419. The average molecular weight is 655 g/mol. The Morgan fingerprint density at radius 2 is 0.882 bits per heavy atom. The third-order valence-electron chi connectivity index (χ3n) is 8.94. The van der Waals surface area contributed by atoms with E-state index in [0.717, 1.165) is 67.3 Å². The van der Waals surface area contributed by atoms with Crippen LogP contribution in [-0.4, -0.2) is 15.7 Å². The number of hydrogen-bond donors (Lipinski definition) is 2. The fourth-order valence-corrected chi connectivity index (χ4v) is 6.26. The van der Waals surface area contributed by atoms with E-state index in [-0.39, 0.29) is 0 Å². The normalized spacial score (nSPS) is 10.8. The molecule has 0 saturated heterocycles. The summed E-state index contributed by atoms with van der Waals surface area (Å²) >= 11 is 0. The van der Waals surface area contributed by atoms with Crippen LogP contribution in [0.15, 0.2) is 194 Å². The molecule has 0 atom stereocenters. The van der Waals surface area contributed by atoms with Gasteiger partial charge in [0.1, 0.15) is 0 Å². The molecule has 0 spiro atoms. The zero-order valence-electron chi connectivity index (χ0n) is 27.9. The molecule has 1 aromatic heterocycles. The van der Waals surface area contributed by atoms with Crippen molar-refractivity contribution in [2.45, 2.75) is 0 Å². The van der Waals surface area contributed by atoms with Crippen LogP contribution >= 0.6 is 0 Å². The molecule has 0 saturated carbocycles. The summed E-state index contributed by atoms with van der Waals surface area (Å²) in [5.74, 6) is 0.653. The van der Waals surface area contributed by atoms with Gasteiger partial charge in [-0.1, -0.05) is 158 Å². The van der Waals surface area contributed by atoms with Crippen LogP contribution in [0, 0.1) is 5.41 Å². The van der Waals surface area contributed by atoms with Crippen molar-refractivity contribution < 1.29 is 0 Å². The highest BCUT2D eigenvalue weighted by Gasteiger charge is 2.16. The molecule has 1 heterocycles. The van der Waals surface area contributed by atoms with Crippen LogP contribution < -0.4 is 5.32 Å². The average Bonchev–Trinajstić information content (AvgIpc) is 3.22. The first-order chi connectivity index (χ1) is 25.2. The minimum absolute atomic E-state index is 0.419. The van der Waals surface area contributed by atoms with Crippen LogP contribution in [0.1, 0.15) is 11.1 Å². The van der Waals surface area contributed by atoms with Gasteiger partial charge >= 0.3 is 0 Å². The summed E-state index contributed by atoms with van der Waals surface area (Å²) in [4.78, 5) is 10.1. The smallest absolute Gasteiger partial charge is 0.160 e. The predicted octanol–water partition coefficient (Wildman–Crippen LogP) is 12.0. The molecule has 0 bridgehead atoms. The maximum Gasteiger partial charge on any atom is 0.160 e. The van der Waals surface area contributed by atoms with Gasteiger partial charge in [-0.2, -0.15) is 0 Å². The number of para-hydroxylation sites is 1. The van der Waals surface area contributed by atoms with Gasteiger partial charge in [0.05, 0.1) is 17.1 Å². The third-order valence-corrected chi connectivity index (χ3v) is 8.94. The molecule has 0 fully saturated rings. The summed E-state index contributed by atoms with van der Waals surface area (Å²) < 4.78 is 0. The Bertz CT molecular complexity index is 2420. The van der Waals surface area contributed by atoms with Crippen LogP contribution in [0.2, 0.25) is 0 Å². The fraction of sp³-hybridized carbons (Fsp3) is 0. The maximum atomic E-state index is 9.57. The van der Waals surface area contributed by atoms with Gasteiger partial charge in [-0.15, -0.1) is 0 Å². The van der Waals surface area contributed by atoms with Gasteiger partial charge < -0.3 is 5.32 Å². The second-order valence-corrected chi connectivity index (χ2v) is 12.3. The van der Waals surface area contributed by atoms with Crippen LogP contribution in [-0.2, 0) is 0 Å². The number of rotatable bonds is 9. The molecule has 8 rings (SSSR count). The molecule has 4 heteroatoms. The highest BCUT2D eigenvalue weighted by Crippen LogP contribution is 2.32. The van der Waals surface area contributed by atoms with Crippen LogP contribution in [0.25, 0.3) is 56.2 Å². The van der Waals surface area contributed by atoms with Crippen molar-refractivity contribution in [3.63, 3.8) is 0 Å². The third kappa shape index (κ3) is 6.98. The van der Waals surface area contributed by atoms with E-state index in [1.807, 2.05) is 103 Å². The second-order valence-electron chi connectivity index (χ2n) is 12.3. The minimum Gasteiger partial charge on any atom is -0.355 e. The van der Waals surface area contributed by atoms with Gasteiger partial charge in [-0.25, -0.2) is 9.97 Å². The lowest BCUT2D eigenvalue weighted by Gasteiger charge is -2.16. The van der Waals surface area contributed by atoms with Crippen molar-refractivity contribution in [2.75, 3.05) is 5.32 Å². The van der Waals surface area contributed by atoms with Crippen LogP contribution in [0.3, 0.4) is 0 Å². The molecule has 2 N–H and O–H groups in total. The van der Waals surface area contributed by atoms with Crippen molar-refractivity contribution in [1.29, 1.82) is 5.41 Å². The van der Waals surface area contributed by atoms with Crippen LogP contribution in [0.5, 0.6) is 0 Å². The Morgan fingerprint density at radius 3 is 1.53 bits per heavy atom. The maximum absolute atomic E-state index is 9.57. The molecule has 7 aromatic carbocycles. The van der Waals surface area contributed by atoms with E-state index in [2.05, 4.69) is 96.3 Å². The van der Waals surface area contributed by atoms with Gasteiger partial charge in [-0.3, -0.25) is 5.41 Å². The second kappa shape index (κ2) is 14.3. The lowest BCUT2D eigenvalue weighted by Crippen LogP contribution is -2.06. The van der Waals surface area contributed by atoms with Gasteiger partial charge in [0.15, 0.2) is 5.82 Å². The van der Waals surface area contributed by atoms with E-state index in [9.17, 15) is 5.41 Å². The van der Waals surface area contributed by atoms with Crippen molar-refractivity contribution in [3.8, 4) is 56.2 Å². The Balaban J connectivity index is 1.19. The summed E-state index contributed by atoms with van der Waals surface area (Å²) in [5, 5.41) is 13.1. The zero-order chi connectivity index (χ0) is 34.4. The molecule has 51 heavy (non-hydrogen) atoms. The Labute approximate surface area is 298 Å². The predicted molar refractivity (Wildman–Crippen MR) is 211 cm³/mol. The highest BCUT2D eigenvalue weighted by molar-refractivity contribution is 6.15. The molecular weight excluding hydrogens is 621 g/mol. The first-order valence-corrected chi connectivity index (χ1v) is 17.0. The number of nitrogens with zero attached hydrogens (tertiary/aromatic N) is 2. The number of anilines is 2. The molecule has 0 aliphatic rings. The highest BCUT2D eigenvalue weighted by atomic mass is 14.9. The van der Waals surface area contributed by atoms with Crippen molar-refractivity contribution >= 4 is 17.1 Å². The van der Waals surface area contributed by atoms with Crippen LogP contribution in [0.4, 0.5) is 11.4 Å². The van der Waals surface area contributed by atoms with E-state index in [1.165, 1.54) is 5.56 Å². The van der Waals surface area contributed by atoms with Crippen molar-refractivity contribution in [3.05, 3.63) is 205 Å². The lowest BCUT2D eigenvalue weighted by atomic mass is 9.94. The first kappa shape index (κ1) is 31.4. The summed E-state index contributed by atoms with van der Waals surface area (Å²) in [6.07, 6.45) is 0. The first-order valence-electron chi connectivity index (χ1n) is 17.0. The van der Waals surface area contributed by atoms with Crippen molar-refractivity contribution in [1.82, 2.24) is 9.97 Å². The number of nitrogens with one attached hydrogen (secondary N) is 2. The van der Waals surface area contributed by atoms with Gasteiger partial charge in [-0.05, 0) is 58.7 Å². The summed E-state index contributed by atoms with van der Waals surface area (Å²) in [6.45, 7) is 0. The fourth-order valence-electron chi connectivity index (χ4n) is 6.26. The van der Waals surface area contributed by atoms with E-state index < -0.39 is 0 Å². The van der Waals surface area contributed by atoms with Gasteiger partial charge in [0.25, 0.3) is 0 Å².